The molecule has 6 nitrogen and oxygen atoms in total. The van der Waals surface area contributed by atoms with Gasteiger partial charge in [-0.2, -0.15) is 0 Å². The molecule has 1 N–H and O–H groups in total. The van der Waals surface area contributed by atoms with Crippen LogP contribution in [-0.2, 0) is 13.0 Å². The summed E-state index contributed by atoms with van der Waals surface area (Å²) in [6.45, 7) is 6.53. The van der Waals surface area contributed by atoms with Crippen molar-refractivity contribution < 1.29 is 14.3 Å². The van der Waals surface area contributed by atoms with Gasteiger partial charge in [-0.05, 0) is 42.7 Å². The van der Waals surface area contributed by atoms with Crippen LogP contribution in [0.2, 0.25) is 0 Å². The first kappa shape index (κ1) is 20.8. The van der Waals surface area contributed by atoms with E-state index in [9.17, 15) is 4.79 Å². The summed E-state index contributed by atoms with van der Waals surface area (Å²) >= 11 is 1.45. The highest BCUT2D eigenvalue weighted by Gasteiger charge is 2.17. The highest BCUT2D eigenvalue weighted by Crippen LogP contribution is 2.31. The predicted molar refractivity (Wildman–Crippen MR) is 115 cm³/mol. The maximum atomic E-state index is 12.8. The summed E-state index contributed by atoms with van der Waals surface area (Å²) in [6, 6.07) is 9.12. The first-order chi connectivity index (χ1) is 14.0. The summed E-state index contributed by atoms with van der Waals surface area (Å²) in [5, 5.41) is 3.93. The third-order valence-corrected chi connectivity index (χ3v) is 5.37. The highest BCUT2D eigenvalue weighted by molar-refractivity contribution is 7.13. The van der Waals surface area contributed by atoms with Crippen LogP contribution >= 0.6 is 11.3 Å². The summed E-state index contributed by atoms with van der Waals surface area (Å²) in [5.41, 5.74) is 2.39. The van der Waals surface area contributed by atoms with E-state index in [1.165, 1.54) is 11.3 Å². The Morgan fingerprint density at radius 3 is 2.62 bits per heavy atom. The highest BCUT2D eigenvalue weighted by atomic mass is 32.1. The summed E-state index contributed by atoms with van der Waals surface area (Å²) in [7, 11) is 1.59. The van der Waals surface area contributed by atoms with E-state index in [1.54, 1.807) is 37.7 Å². The fraction of sp³-hybridized carbons (Fsp3) is 0.318. The van der Waals surface area contributed by atoms with E-state index in [-0.39, 0.29) is 5.91 Å². The van der Waals surface area contributed by atoms with E-state index in [0.717, 1.165) is 22.7 Å². The Balaban J connectivity index is 1.73. The smallest absolute Gasteiger partial charge is 0.267 e. The average Bonchev–Trinajstić information content (AvgIpc) is 3.06. The number of nitrogens with zero attached hydrogens (tertiary/aromatic N) is 2. The van der Waals surface area contributed by atoms with E-state index >= 15 is 0 Å². The van der Waals surface area contributed by atoms with Gasteiger partial charge < -0.3 is 14.8 Å². The van der Waals surface area contributed by atoms with Crippen LogP contribution in [0.3, 0.4) is 0 Å². The molecule has 0 bridgehead atoms. The lowest BCUT2D eigenvalue weighted by Gasteiger charge is -2.13. The fourth-order valence-corrected chi connectivity index (χ4v) is 3.97. The van der Waals surface area contributed by atoms with Crippen molar-refractivity contribution in [2.45, 2.75) is 33.8 Å². The molecule has 0 saturated heterocycles. The molecule has 0 spiro atoms. The molecule has 0 saturated carbocycles. The molecule has 0 aliphatic rings. The number of nitrogens with one attached hydrogen (secondary N) is 1. The van der Waals surface area contributed by atoms with Gasteiger partial charge in [0.15, 0.2) is 11.5 Å². The standard InChI is InChI=1S/C22H25N3O3S/c1-14(2)11-20-24-15(3)21(29-20)22(26)25-17-5-6-18(27-4)19(12-17)28-13-16-7-9-23-10-8-16/h5-10,12,14H,11,13H2,1-4H3,(H,25,26). The summed E-state index contributed by atoms with van der Waals surface area (Å²) in [5.74, 6) is 1.49. The maximum absolute atomic E-state index is 12.8. The fourth-order valence-electron chi connectivity index (χ4n) is 2.79. The molecule has 1 aromatic carbocycles. The largest absolute Gasteiger partial charge is 0.493 e. The monoisotopic (exact) mass is 411 g/mol. The van der Waals surface area contributed by atoms with Crippen molar-refractivity contribution in [3.63, 3.8) is 0 Å². The Bertz CT molecular complexity index is 971. The molecule has 0 aliphatic carbocycles. The van der Waals surface area contributed by atoms with Crippen LogP contribution in [0.15, 0.2) is 42.7 Å². The van der Waals surface area contributed by atoms with E-state index in [4.69, 9.17) is 9.47 Å². The average molecular weight is 412 g/mol. The van der Waals surface area contributed by atoms with Gasteiger partial charge in [0.2, 0.25) is 0 Å². The number of rotatable bonds is 8. The van der Waals surface area contributed by atoms with Gasteiger partial charge in [-0.1, -0.05) is 13.8 Å². The number of benzene rings is 1. The molecule has 0 fully saturated rings. The van der Waals surface area contributed by atoms with E-state index in [0.29, 0.717) is 34.6 Å². The molecule has 0 atom stereocenters. The van der Waals surface area contributed by atoms with Crippen LogP contribution < -0.4 is 14.8 Å². The van der Waals surface area contributed by atoms with E-state index in [2.05, 4.69) is 29.1 Å². The second-order valence-corrected chi connectivity index (χ2v) is 8.17. The van der Waals surface area contributed by atoms with Crippen molar-refractivity contribution in [1.82, 2.24) is 9.97 Å². The molecule has 0 radical (unpaired) electrons. The molecule has 3 aromatic rings. The number of thiazole rings is 1. The number of aryl methyl sites for hydroxylation is 1. The van der Waals surface area contributed by atoms with E-state index < -0.39 is 0 Å². The quantitative estimate of drug-likeness (QED) is 0.572. The predicted octanol–water partition coefficient (Wildman–Crippen LogP) is 4.88. The van der Waals surface area contributed by atoms with Crippen molar-refractivity contribution in [2.24, 2.45) is 5.92 Å². The number of hydrogen-bond acceptors (Lipinski definition) is 6. The molecule has 29 heavy (non-hydrogen) atoms. The number of methoxy groups -OCH3 is 1. The minimum absolute atomic E-state index is 0.166. The Kier molecular flexibility index (Phi) is 6.82. The molecule has 3 rings (SSSR count). The van der Waals surface area contributed by atoms with Crippen molar-refractivity contribution in [1.29, 1.82) is 0 Å². The lowest BCUT2D eigenvalue weighted by Crippen LogP contribution is -2.11. The Morgan fingerprint density at radius 1 is 1.17 bits per heavy atom. The third-order valence-electron chi connectivity index (χ3n) is 4.20. The minimum Gasteiger partial charge on any atom is -0.493 e. The summed E-state index contributed by atoms with van der Waals surface area (Å²) in [6.07, 6.45) is 4.31. The zero-order valence-corrected chi connectivity index (χ0v) is 17.9. The van der Waals surface area contributed by atoms with Crippen molar-refractivity contribution >= 4 is 22.9 Å². The van der Waals surface area contributed by atoms with Crippen LogP contribution in [0.5, 0.6) is 11.5 Å². The van der Waals surface area contributed by atoms with Gasteiger partial charge in [0.05, 0.1) is 17.8 Å². The summed E-state index contributed by atoms with van der Waals surface area (Å²) < 4.78 is 11.3. The van der Waals surface area contributed by atoms with Gasteiger partial charge in [0.1, 0.15) is 11.5 Å². The van der Waals surface area contributed by atoms with Gasteiger partial charge in [0.25, 0.3) is 5.91 Å². The van der Waals surface area contributed by atoms with Crippen LogP contribution in [0.25, 0.3) is 0 Å². The summed E-state index contributed by atoms with van der Waals surface area (Å²) in [4.78, 5) is 21.9. The van der Waals surface area contributed by atoms with Crippen molar-refractivity contribution in [3.8, 4) is 11.5 Å². The number of hydrogen-bond donors (Lipinski definition) is 1. The number of pyridine rings is 1. The molecule has 2 aromatic heterocycles. The Morgan fingerprint density at radius 2 is 1.93 bits per heavy atom. The SMILES string of the molecule is COc1ccc(NC(=O)c2sc(CC(C)C)nc2C)cc1OCc1ccncc1. The molecule has 7 heteroatoms. The van der Waals surface area contributed by atoms with Gasteiger partial charge in [-0.3, -0.25) is 9.78 Å². The first-order valence-corrected chi connectivity index (χ1v) is 10.2. The minimum atomic E-state index is -0.166. The number of carbonyl (C=O) groups is 1. The second-order valence-electron chi connectivity index (χ2n) is 7.08. The Labute approximate surface area is 174 Å². The third kappa shape index (κ3) is 5.54. The van der Waals surface area contributed by atoms with Crippen LogP contribution in [0.1, 0.15) is 39.8 Å². The topological polar surface area (TPSA) is 73.3 Å². The number of aromatic nitrogens is 2. The Hall–Kier alpha value is -2.93. The maximum Gasteiger partial charge on any atom is 0.267 e. The van der Waals surface area contributed by atoms with Crippen LogP contribution in [-0.4, -0.2) is 23.0 Å². The van der Waals surface area contributed by atoms with Gasteiger partial charge in [-0.15, -0.1) is 11.3 Å². The molecular formula is C22H25N3O3S. The molecule has 0 unspecified atom stereocenters. The van der Waals surface area contributed by atoms with Crippen molar-refractivity contribution in [2.75, 3.05) is 12.4 Å². The molecule has 2 heterocycles. The van der Waals surface area contributed by atoms with Crippen LogP contribution in [0.4, 0.5) is 5.69 Å². The first-order valence-electron chi connectivity index (χ1n) is 9.43. The number of anilines is 1. The molecular weight excluding hydrogens is 386 g/mol. The second kappa shape index (κ2) is 9.52. The normalized spacial score (nSPS) is 10.8. The van der Waals surface area contributed by atoms with Gasteiger partial charge in [0, 0.05) is 30.6 Å². The van der Waals surface area contributed by atoms with Gasteiger partial charge >= 0.3 is 0 Å². The van der Waals surface area contributed by atoms with E-state index in [1.807, 2.05) is 19.1 Å². The van der Waals surface area contributed by atoms with Crippen LogP contribution in [0, 0.1) is 12.8 Å². The van der Waals surface area contributed by atoms with Gasteiger partial charge in [-0.25, -0.2) is 4.98 Å². The lowest BCUT2D eigenvalue weighted by molar-refractivity contribution is 0.103. The lowest BCUT2D eigenvalue weighted by atomic mass is 10.1. The molecule has 1 amide bonds. The number of ether oxygens (including phenoxy) is 2. The number of amides is 1. The molecule has 152 valence electrons. The number of carbonyl (C=O) groups excluding carboxylic acids is 1. The molecule has 0 aliphatic heterocycles. The zero-order chi connectivity index (χ0) is 20.8. The zero-order valence-electron chi connectivity index (χ0n) is 17.1. The van der Waals surface area contributed by atoms with Crippen molar-refractivity contribution in [3.05, 3.63) is 63.9 Å².